The van der Waals surface area contributed by atoms with Crippen molar-refractivity contribution in [1.29, 1.82) is 0 Å². The first-order valence-corrected chi connectivity index (χ1v) is 7.50. The lowest BCUT2D eigenvalue weighted by molar-refractivity contribution is 0.363. The molecule has 0 atom stereocenters. The van der Waals surface area contributed by atoms with E-state index in [1.165, 1.54) is 16.9 Å². The lowest BCUT2D eigenvalue weighted by Crippen LogP contribution is -1.93. The van der Waals surface area contributed by atoms with Crippen molar-refractivity contribution in [3.05, 3.63) is 47.5 Å². The Balaban J connectivity index is 1.69. The monoisotopic (exact) mass is 289 g/mol. The molecular weight excluding hydrogens is 270 g/mol. The highest BCUT2D eigenvalue weighted by molar-refractivity contribution is 7.15. The lowest BCUT2D eigenvalue weighted by Gasteiger charge is -2.05. The average molecular weight is 289 g/mol. The van der Waals surface area contributed by atoms with Gasteiger partial charge < -0.3 is 10.5 Å². The van der Waals surface area contributed by atoms with E-state index in [2.05, 4.69) is 28.9 Å². The summed E-state index contributed by atoms with van der Waals surface area (Å²) in [4.78, 5) is 0. The van der Waals surface area contributed by atoms with Gasteiger partial charge in [-0.05, 0) is 37.0 Å². The molecule has 0 unspecified atom stereocenters. The SMILES string of the molecule is C=CCOc1ccc(CCCCc2nnc(N)s2)cc1. The van der Waals surface area contributed by atoms with Crippen molar-refractivity contribution in [1.82, 2.24) is 10.2 Å². The van der Waals surface area contributed by atoms with Crippen molar-refractivity contribution in [3.8, 4) is 5.75 Å². The number of rotatable bonds is 8. The highest BCUT2D eigenvalue weighted by atomic mass is 32.1. The molecule has 20 heavy (non-hydrogen) atoms. The maximum absolute atomic E-state index is 5.55. The van der Waals surface area contributed by atoms with Crippen LogP contribution in [-0.2, 0) is 12.8 Å². The first-order valence-electron chi connectivity index (χ1n) is 6.68. The van der Waals surface area contributed by atoms with Gasteiger partial charge in [0.2, 0.25) is 5.13 Å². The van der Waals surface area contributed by atoms with E-state index in [0.717, 1.165) is 36.4 Å². The summed E-state index contributed by atoms with van der Waals surface area (Å²) in [6.45, 7) is 4.17. The minimum atomic E-state index is 0.546. The Bertz CT molecular complexity index is 536. The molecule has 1 aromatic carbocycles. The number of aromatic nitrogens is 2. The van der Waals surface area contributed by atoms with Gasteiger partial charge in [0.15, 0.2) is 0 Å². The third-order valence-electron chi connectivity index (χ3n) is 2.88. The number of ether oxygens (including phenoxy) is 1. The van der Waals surface area contributed by atoms with Gasteiger partial charge >= 0.3 is 0 Å². The fraction of sp³-hybridized carbons (Fsp3) is 0.333. The summed E-state index contributed by atoms with van der Waals surface area (Å²) < 4.78 is 5.45. The molecule has 0 spiro atoms. The van der Waals surface area contributed by atoms with Crippen molar-refractivity contribution < 1.29 is 4.74 Å². The fourth-order valence-electron chi connectivity index (χ4n) is 1.88. The molecule has 0 saturated carbocycles. The minimum absolute atomic E-state index is 0.546. The second kappa shape index (κ2) is 7.65. The number of hydrogen-bond acceptors (Lipinski definition) is 5. The molecule has 4 nitrogen and oxygen atoms in total. The number of aryl methyl sites for hydroxylation is 2. The maximum Gasteiger partial charge on any atom is 0.203 e. The largest absolute Gasteiger partial charge is 0.490 e. The maximum atomic E-state index is 5.55. The molecule has 106 valence electrons. The first kappa shape index (κ1) is 14.5. The van der Waals surface area contributed by atoms with Crippen LogP contribution in [0.2, 0.25) is 0 Å². The number of benzene rings is 1. The molecule has 0 saturated heterocycles. The van der Waals surface area contributed by atoms with Crippen LogP contribution >= 0.6 is 11.3 Å². The van der Waals surface area contributed by atoms with Crippen LogP contribution in [-0.4, -0.2) is 16.8 Å². The molecule has 1 aromatic heterocycles. The van der Waals surface area contributed by atoms with Crippen LogP contribution in [0, 0.1) is 0 Å². The third-order valence-corrected chi connectivity index (χ3v) is 3.69. The molecule has 5 heteroatoms. The third kappa shape index (κ3) is 4.66. The van der Waals surface area contributed by atoms with Gasteiger partial charge in [-0.3, -0.25) is 0 Å². The Morgan fingerprint density at radius 2 is 1.90 bits per heavy atom. The molecule has 0 amide bonds. The van der Waals surface area contributed by atoms with Gasteiger partial charge in [0.1, 0.15) is 17.4 Å². The molecule has 1 heterocycles. The van der Waals surface area contributed by atoms with Crippen LogP contribution in [0.25, 0.3) is 0 Å². The van der Waals surface area contributed by atoms with Gasteiger partial charge in [-0.1, -0.05) is 36.1 Å². The van der Waals surface area contributed by atoms with E-state index in [1.54, 1.807) is 6.08 Å². The standard InChI is InChI=1S/C15H19N3OS/c1-2-11-19-13-9-7-12(8-10-13)5-3-4-6-14-17-18-15(16)20-14/h2,7-10H,1,3-6,11H2,(H2,16,18). The van der Waals surface area contributed by atoms with Gasteiger partial charge in [-0.15, -0.1) is 10.2 Å². The van der Waals surface area contributed by atoms with E-state index in [4.69, 9.17) is 10.5 Å². The second-order valence-corrected chi connectivity index (χ2v) is 5.58. The number of nitrogens with zero attached hydrogens (tertiary/aromatic N) is 2. The number of hydrogen-bond donors (Lipinski definition) is 1. The van der Waals surface area contributed by atoms with Crippen LogP contribution in [0.15, 0.2) is 36.9 Å². The molecule has 0 fully saturated rings. The van der Waals surface area contributed by atoms with Crippen molar-refractivity contribution in [2.24, 2.45) is 0 Å². The number of unbranched alkanes of at least 4 members (excludes halogenated alkanes) is 1. The summed E-state index contributed by atoms with van der Waals surface area (Å²) in [6.07, 6.45) is 6.00. The minimum Gasteiger partial charge on any atom is -0.490 e. The zero-order valence-electron chi connectivity index (χ0n) is 11.4. The van der Waals surface area contributed by atoms with Gasteiger partial charge in [0.05, 0.1) is 0 Å². The molecule has 2 N–H and O–H groups in total. The Kier molecular flexibility index (Phi) is 5.55. The van der Waals surface area contributed by atoms with Gasteiger partial charge in [0.25, 0.3) is 0 Å². The summed E-state index contributed by atoms with van der Waals surface area (Å²) in [5.74, 6) is 0.887. The molecule has 0 aliphatic heterocycles. The highest BCUT2D eigenvalue weighted by Crippen LogP contribution is 2.16. The van der Waals surface area contributed by atoms with Gasteiger partial charge in [0, 0.05) is 6.42 Å². The molecule has 2 rings (SSSR count). The highest BCUT2D eigenvalue weighted by Gasteiger charge is 2.01. The second-order valence-electron chi connectivity index (χ2n) is 4.48. The quantitative estimate of drug-likeness (QED) is 0.598. The summed E-state index contributed by atoms with van der Waals surface area (Å²) in [5, 5.41) is 9.41. The smallest absolute Gasteiger partial charge is 0.203 e. The first-order chi connectivity index (χ1) is 9.78. The number of nitrogen functional groups attached to an aromatic ring is 1. The Morgan fingerprint density at radius 3 is 2.55 bits per heavy atom. The number of anilines is 1. The summed E-state index contributed by atoms with van der Waals surface area (Å²) >= 11 is 1.47. The molecule has 0 radical (unpaired) electrons. The van der Waals surface area contributed by atoms with E-state index in [-0.39, 0.29) is 0 Å². The summed E-state index contributed by atoms with van der Waals surface area (Å²) in [7, 11) is 0. The Hall–Kier alpha value is -1.88. The topological polar surface area (TPSA) is 61.0 Å². The predicted molar refractivity (Wildman–Crippen MR) is 83.1 cm³/mol. The Morgan fingerprint density at radius 1 is 1.15 bits per heavy atom. The van der Waals surface area contributed by atoms with E-state index < -0.39 is 0 Å². The zero-order valence-corrected chi connectivity index (χ0v) is 12.2. The van der Waals surface area contributed by atoms with Gasteiger partial charge in [-0.2, -0.15) is 0 Å². The van der Waals surface area contributed by atoms with Crippen molar-refractivity contribution in [2.75, 3.05) is 12.3 Å². The van der Waals surface area contributed by atoms with E-state index in [1.807, 2.05) is 12.1 Å². The summed E-state index contributed by atoms with van der Waals surface area (Å²) in [5.41, 5.74) is 6.88. The molecule has 2 aromatic rings. The van der Waals surface area contributed by atoms with Crippen LogP contribution in [0.1, 0.15) is 23.4 Å². The van der Waals surface area contributed by atoms with Crippen molar-refractivity contribution >= 4 is 16.5 Å². The fourth-order valence-corrected chi connectivity index (χ4v) is 2.53. The van der Waals surface area contributed by atoms with Gasteiger partial charge in [-0.25, -0.2) is 0 Å². The lowest BCUT2D eigenvalue weighted by atomic mass is 10.1. The molecule has 0 aliphatic rings. The predicted octanol–water partition coefficient (Wildman–Crippen LogP) is 3.25. The van der Waals surface area contributed by atoms with Crippen molar-refractivity contribution in [3.63, 3.8) is 0 Å². The van der Waals surface area contributed by atoms with E-state index in [0.29, 0.717) is 11.7 Å². The van der Waals surface area contributed by atoms with Crippen molar-refractivity contribution in [2.45, 2.75) is 25.7 Å². The molecular formula is C15H19N3OS. The molecule has 0 aliphatic carbocycles. The van der Waals surface area contributed by atoms with E-state index in [9.17, 15) is 0 Å². The van der Waals surface area contributed by atoms with Crippen LogP contribution < -0.4 is 10.5 Å². The van der Waals surface area contributed by atoms with Crippen LogP contribution in [0.5, 0.6) is 5.75 Å². The summed E-state index contributed by atoms with van der Waals surface area (Å²) in [6, 6.07) is 8.23. The zero-order chi connectivity index (χ0) is 14.2. The van der Waals surface area contributed by atoms with E-state index >= 15 is 0 Å². The Labute approximate surface area is 123 Å². The average Bonchev–Trinajstić information content (AvgIpc) is 2.88. The normalized spacial score (nSPS) is 10.4. The molecule has 0 bridgehead atoms. The van der Waals surface area contributed by atoms with Crippen LogP contribution in [0.3, 0.4) is 0 Å². The number of nitrogens with two attached hydrogens (primary N) is 1. The van der Waals surface area contributed by atoms with Crippen LogP contribution in [0.4, 0.5) is 5.13 Å².